The molecule has 3 rings (SSSR count). The summed E-state index contributed by atoms with van der Waals surface area (Å²) in [7, 11) is -9.61. The number of unbranched alkanes of at least 4 members (excludes halogenated alkanes) is 4. The molecule has 0 radical (unpaired) electrons. The first-order valence-corrected chi connectivity index (χ1v) is 13.0. The van der Waals surface area contributed by atoms with Crippen molar-refractivity contribution in [2.24, 2.45) is 0 Å². The Bertz CT molecular complexity index is 897. The molecule has 2 aromatic rings. The van der Waals surface area contributed by atoms with Gasteiger partial charge in [0.1, 0.15) is 4.90 Å². The summed E-state index contributed by atoms with van der Waals surface area (Å²) in [6.07, 6.45) is 11.9. The minimum Gasteiger partial charge on any atom is -0.0936 e. The molecule has 172 valence electrons. The van der Waals surface area contributed by atoms with Crippen LogP contribution in [-0.4, -0.2) is 0 Å². The van der Waals surface area contributed by atoms with Crippen molar-refractivity contribution in [3.8, 4) is 0 Å². The quantitative estimate of drug-likeness (QED) is 0.259. The lowest BCUT2D eigenvalue weighted by Crippen LogP contribution is -2.07. The molecule has 1 atom stereocenters. The Balaban J connectivity index is 1.58. The van der Waals surface area contributed by atoms with Crippen molar-refractivity contribution in [1.29, 1.82) is 0 Å². The van der Waals surface area contributed by atoms with Crippen molar-refractivity contribution < 1.29 is 19.4 Å². The highest BCUT2D eigenvalue weighted by Gasteiger charge is 2.65. The monoisotopic (exact) mass is 458 g/mol. The normalized spacial score (nSPS) is 19.4. The van der Waals surface area contributed by atoms with Crippen LogP contribution in [0.5, 0.6) is 0 Å². The van der Waals surface area contributed by atoms with Crippen LogP contribution in [0.3, 0.4) is 0 Å². The minimum atomic E-state index is -9.61. The van der Waals surface area contributed by atoms with Gasteiger partial charge in [-0.25, -0.2) is 0 Å². The van der Waals surface area contributed by atoms with E-state index in [0.717, 1.165) is 43.4 Å². The molecular weight excluding hydrogens is 427 g/mol. The molecule has 6 heteroatoms. The standard InChI is InChI=1S/C25H31F5S/c1-2-3-4-5-6-7-20-8-10-21(11-9-20)22-12-14-23(15-13-22)24-16-18-25(19-17-24)31(26,27,28,29)30/h8-11,14,16-19,22H,2-7,12-13,15H2,1H3. The Labute approximate surface area is 182 Å². The molecule has 1 aliphatic rings. The van der Waals surface area contributed by atoms with Crippen LogP contribution in [0.15, 0.2) is 59.5 Å². The van der Waals surface area contributed by atoms with Crippen molar-refractivity contribution in [2.75, 3.05) is 0 Å². The molecule has 0 saturated carbocycles. The first kappa shape index (κ1) is 23.8. The third-order valence-electron chi connectivity index (χ3n) is 6.10. The van der Waals surface area contributed by atoms with Crippen molar-refractivity contribution in [1.82, 2.24) is 0 Å². The van der Waals surface area contributed by atoms with Gasteiger partial charge in [-0.15, -0.1) is 0 Å². The second-order valence-corrected chi connectivity index (χ2v) is 11.0. The van der Waals surface area contributed by atoms with E-state index in [1.165, 1.54) is 43.2 Å². The molecule has 0 fully saturated rings. The lowest BCUT2D eigenvalue weighted by molar-refractivity contribution is 0.364. The average molecular weight is 459 g/mol. The van der Waals surface area contributed by atoms with Gasteiger partial charge in [-0.1, -0.05) is 94.5 Å². The van der Waals surface area contributed by atoms with Crippen LogP contribution in [0.4, 0.5) is 19.4 Å². The van der Waals surface area contributed by atoms with Gasteiger partial charge >= 0.3 is 10.2 Å². The number of halogens is 5. The van der Waals surface area contributed by atoms with Crippen molar-refractivity contribution in [3.05, 3.63) is 71.3 Å². The number of allylic oxidation sites excluding steroid dienone is 2. The van der Waals surface area contributed by atoms with E-state index in [1.54, 1.807) is 0 Å². The zero-order chi connectivity index (χ0) is 22.6. The van der Waals surface area contributed by atoms with E-state index in [4.69, 9.17) is 0 Å². The number of rotatable bonds is 9. The van der Waals surface area contributed by atoms with E-state index in [0.29, 0.717) is 23.6 Å². The molecule has 0 nitrogen and oxygen atoms in total. The zero-order valence-electron chi connectivity index (χ0n) is 17.9. The maximum absolute atomic E-state index is 12.9. The summed E-state index contributed by atoms with van der Waals surface area (Å²) >= 11 is 0. The SMILES string of the molecule is CCCCCCCc1ccc(C2CC=C(c3ccc(S(F)(F)(F)(F)F)cc3)CC2)cc1. The highest BCUT2D eigenvalue weighted by Crippen LogP contribution is 3.02. The minimum absolute atomic E-state index is 0.381. The summed E-state index contributed by atoms with van der Waals surface area (Å²) in [5.74, 6) is 0.381. The number of hydrogen-bond donors (Lipinski definition) is 0. The Morgan fingerprint density at radius 2 is 1.45 bits per heavy atom. The van der Waals surface area contributed by atoms with Gasteiger partial charge in [0, 0.05) is 0 Å². The highest BCUT2D eigenvalue weighted by atomic mass is 32.5. The summed E-state index contributed by atoms with van der Waals surface area (Å²) in [6, 6.07) is 12.1. The smallest absolute Gasteiger partial charge is 0.0936 e. The maximum atomic E-state index is 12.9. The van der Waals surface area contributed by atoms with Crippen LogP contribution in [0.25, 0.3) is 5.57 Å². The Morgan fingerprint density at radius 1 is 0.806 bits per heavy atom. The molecule has 0 N–H and O–H groups in total. The topological polar surface area (TPSA) is 0 Å². The number of aryl methyl sites for hydroxylation is 1. The van der Waals surface area contributed by atoms with Gasteiger partial charge in [0.05, 0.1) is 0 Å². The van der Waals surface area contributed by atoms with Crippen molar-refractivity contribution in [2.45, 2.75) is 75.5 Å². The second-order valence-electron chi connectivity index (χ2n) is 8.60. The Morgan fingerprint density at radius 3 is 2.00 bits per heavy atom. The Kier molecular flexibility index (Phi) is 6.62. The fraction of sp³-hybridized carbons (Fsp3) is 0.440. The number of benzene rings is 2. The van der Waals surface area contributed by atoms with Gasteiger partial charge in [-0.2, -0.15) is 0 Å². The highest BCUT2D eigenvalue weighted by molar-refractivity contribution is 8.45. The van der Waals surface area contributed by atoms with E-state index in [9.17, 15) is 19.4 Å². The van der Waals surface area contributed by atoms with E-state index in [-0.39, 0.29) is 0 Å². The van der Waals surface area contributed by atoms with Crippen LogP contribution in [0, 0.1) is 0 Å². The van der Waals surface area contributed by atoms with E-state index < -0.39 is 15.1 Å². The van der Waals surface area contributed by atoms with Crippen LogP contribution >= 0.6 is 10.2 Å². The summed E-state index contributed by atoms with van der Waals surface area (Å²) in [4.78, 5) is -1.83. The third-order valence-corrected chi connectivity index (χ3v) is 7.26. The van der Waals surface area contributed by atoms with E-state index in [1.807, 2.05) is 6.08 Å². The average Bonchev–Trinajstić information content (AvgIpc) is 2.73. The molecule has 0 heterocycles. The van der Waals surface area contributed by atoms with Gasteiger partial charge < -0.3 is 0 Å². The molecule has 2 aromatic carbocycles. The molecule has 0 aromatic heterocycles. The van der Waals surface area contributed by atoms with Gasteiger partial charge in [0.2, 0.25) is 0 Å². The largest absolute Gasteiger partial charge is 0.310 e. The van der Waals surface area contributed by atoms with Crippen LogP contribution in [-0.2, 0) is 6.42 Å². The van der Waals surface area contributed by atoms with E-state index >= 15 is 0 Å². The molecule has 0 bridgehead atoms. The van der Waals surface area contributed by atoms with Gasteiger partial charge in [0.25, 0.3) is 0 Å². The molecule has 0 amide bonds. The predicted octanol–water partition coefficient (Wildman–Crippen LogP) is 10.2. The van der Waals surface area contributed by atoms with Gasteiger partial charge in [-0.3, -0.25) is 0 Å². The summed E-state index contributed by atoms with van der Waals surface area (Å²) < 4.78 is 64.5. The summed E-state index contributed by atoms with van der Waals surface area (Å²) in [5.41, 5.74) is 4.15. The second kappa shape index (κ2) is 8.61. The van der Waals surface area contributed by atoms with Crippen LogP contribution in [0.1, 0.15) is 80.9 Å². The van der Waals surface area contributed by atoms with Crippen LogP contribution < -0.4 is 0 Å². The molecule has 0 aliphatic heterocycles. The van der Waals surface area contributed by atoms with Crippen LogP contribution in [0.2, 0.25) is 0 Å². The molecule has 1 aliphatic carbocycles. The molecule has 0 saturated heterocycles. The van der Waals surface area contributed by atoms with Gasteiger partial charge in [0.15, 0.2) is 0 Å². The molecule has 1 unspecified atom stereocenters. The van der Waals surface area contributed by atoms with Crippen molar-refractivity contribution >= 4 is 15.8 Å². The molecule has 31 heavy (non-hydrogen) atoms. The lowest BCUT2D eigenvalue weighted by atomic mass is 9.82. The summed E-state index contributed by atoms with van der Waals surface area (Å²) in [6.45, 7) is 2.22. The fourth-order valence-corrected chi connectivity index (χ4v) is 4.86. The Hall–Kier alpha value is -1.82. The first-order chi connectivity index (χ1) is 14.5. The molecular formula is C25H31F5S. The predicted molar refractivity (Wildman–Crippen MR) is 121 cm³/mol. The zero-order valence-corrected chi connectivity index (χ0v) is 18.8. The lowest BCUT2D eigenvalue weighted by Gasteiger charge is -2.40. The molecule has 0 spiro atoms. The van der Waals surface area contributed by atoms with E-state index in [2.05, 4.69) is 31.2 Å². The fourth-order valence-electron chi connectivity index (χ4n) is 4.21. The van der Waals surface area contributed by atoms with Crippen molar-refractivity contribution in [3.63, 3.8) is 0 Å². The third kappa shape index (κ3) is 6.83. The first-order valence-electron chi connectivity index (χ1n) is 11.1. The summed E-state index contributed by atoms with van der Waals surface area (Å²) in [5, 5.41) is 0. The van der Waals surface area contributed by atoms with Gasteiger partial charge in [-0.05, 0) is 72.4 Å². The maximum Gasteiger partial charge on any atom is 0.310 e. The number of hydrogen-bond acceptors (Lipinski definition) is 0.